The molecule has 2 saturated heterocycles. The minimum absolute atomic E-state index is 0.0503. The lowest BCUT2D eigenvalue weighted by Gasteiger charge is -2.55. The number of aliphatic hydroxyl groups is 1. The second-order valence-electron chi connectivity index (χ2n) is 10.8. The predicted molar refractivity (Wildman–Crippen MR) is 135 cm³/mol. The number of aromatic nitrogens is 3. The molecule has 5 rings (SSSR count). The number of likely N-dealkylation sites (N-methyl/N-ethyl adjacent to an activating group) is 1. The highest BCUT2D eigenvalue weighted by atomic mass is 16.5. The van der Waals surface area contributed by atoms with Gasteiger partial charge in [0, 0.05) is 62.2 Å². The minimum atomic E-state index is -1.25. The van der Waals surface area contributed by atoms with Gasteiger partial charge in [0.2, 0.25) is 11.7 Å². The van der Waals surface area contributed by atoms with Crippen LogP contribution in [0.25, 0.3) is 11.4 Å². The number of benzene rings is 1. The molecule has 36 heavy (non-hydrogen) atoms. The molecule has 2 amide bonds. The van der Waals surface area contributed by atoms with E-state index in [0.29, 0.717) is 41.8 Å². The molecule has 1 unspecified atom stereocenters. The van der Waals surface area contributed by atoms with Crippen LogP contribution in [0.2, 0.25) is 0 Å². The normalized spacial score (nSPS) is 19.6. The lowest BCUT2D eigenvalue weighted by Crippen LogP contribution is -2.63. The second-order valence-corrected chi connectivity index (χ2v) is 10.8. The largest absolute Gasteiger partial charge is 0.380 e. The number of amides is 2. The molecule has 0 aliphatic carbocycles. The number of pyridine rings is 1. The molecule has 4 heterocycles. The van der Waals surface area contributed by atoms with Crippen LogP contribution in [0.1, 0.15) is 49.3 Å². The summed E-state index contributed by atoms with van der Waals surface area (Å²) >= 11 is 0. The van der Waals surface area contributed by atoms with Crippen LogP contribution in [-0.2, 0) is 12.1 Å². The van der Waals surface area contributed by atoms with Crippen molar-refractivity contribution in [2.75, 3.05) is 40.3 Å². The third kappa shape index (κ3) is 4.06. The Morgan fingerprint density at radius 3 is 2.44 bits per heavy atom. The van der Waals surface area contributed by atoms with Crippen LogP contribution in [0, 0.1) is 5.41 Å². The molecule has 3 aromatic rings. The quantitative estimate of drug-likeness (QED) is 0.542. The van der Waals surface area contributed by atoms with Crippen molar-refractivity contribution in [3.63, 3.8) is 0 Å². The zero-order valence-corrected chi connectivity index (χ0v) is 21.6. The highest BCUT2D eigenvalue weighted by molar-refractivity contribution is 5.76. The topological polar surface area (TPSA) is 98.8 Å². The fourth-order valence-corrected chi connectivity index (χ4v) is 5.56. The molecule has 0 radical (unpaired) electrons. The van der Waals surface area contributed by atoms with Crippen LogP contribution in [0.5, 0.6) is 0 Å². The van der Waals surface area contributed by atoms with E-state index in [0.717, 1.165) is 18.7 Å². The summed E-state index contributed by atoms with van der Waals surface area (Å²) in [7, 11) is 3.83. The highest BCUT2D eigenvalue weighted by Crippen LogP contribution is 2.50. The number of hydrogen-bond acceptors (Lipinski definition) is 7. The summed E-state index contributed by atoms with van der Waals surface area (Å²) in [6.45, 7) is 9.51. The van der Waals surface area contributed by atoms with Crippen LogP contribution in [0.15, 0.2) is 47.2 Å². The van der Waals surface area contributed by atoms with Crippen LogP contribution < -0.4 is 0 Å². The van der Waals surface area contributed by atoms with E-state index >= 15 is 0 Å². The fourth-order valence-electron chi connectivity index (χ4n) is 5.56. The van der Waals surface area contributed by atoms with Gasteiger partial charge in [-0.2, -0.15) is 4.98 Å². The van der Waals surface area contributed by atoms with Gasteiger partial charge in [-0.3, -0.25) is 4.98 Å². The Hall–Kier alpha value is -3.30. The standard InChI is InChI=1S/C27H34N6O3/c1-18(2)19-6-8-21(9-7-19)27(35,26(3)16-31(4)17-26)22-12-20(13-28-14-22)24-29-23(36-30-24)15-33-11-10-32(5)25(33)34/h6-9,12-14,18,35H,10-11,15-17H2,1-5H3. The zero-order valence-electron chi connectivity index (χ0n) is 21.6. The van der Waals surface area contributed by atoms with Crippen molar-refractivity contribution in [3.8, 4) is 11.4 Å². The summed E-state index contributed by atoms with van der Waals surface area (Å²) in [5, 5.41) is 16.6. The SMILES string of the molecule is CC(C)c1ccc(C(O)(c2cncc(-c3noc(CN4CCN(C)C4=O)n3)c2)C2(C)CN(C)C2)cc1. The first-order chi connectivity index (χ1) is 17.1. The summed E-state index contributed by atoms with van der Waals surface area (Å²) < 4.78 is 5.45. The fraction of sp³-hybridized carbons (Fsp3) is 0.481. The van der Waals surface area contributed by atoms with Crippen molar-refractivity contribution in [1.82, 2.24) is 29.8 Å². The van der Waals surface area contributed by atoms with E-state index in [1.54, 1.807) is 29.2 Å². The van der Waals surface area contributed by atoms with Gasteiger partial charge in [-0.15, -0.1) is 0 Å². The van der Waals surface area contributed by atoms with E-state index in [2.05, 4.69) is 60.0 Å². The number of likely N-dealkylation sites (tertiary alicyclic amines) is 1. The molecule has 2 aliphatic heterocycles. The first-order valence-electron chi connectivity index (χ1n) is 12.4. The van der Waals surface area contributed by atoms with E-state index in [9.17, 15) is 9.90 Å². The average Bonchev–Trinajstić information content (AvgIpc) is 3.45. The molecule has 0 saturated carbocycles. The van der Waals surface area contributed by atoms with Crippen molar-refractivity contribution in [2.45, 2.75) is 38.8 Å². The van der Waals surface area contributed by atoms with Crippen molar-refractivity contribution >= 4 is 6.03 Å². The molecule has 0 spiro atoms. The summed E-state index contributed by atoms with van der Waals surface area (Å²) in [5.41, 5.74) is 1.76. The molecule has 9 heteroatoms. The molecule has 1 aromatic carbocycles. The van der Waals surface area contributed by atoms with Gasteiger partial charge in [0.25, 0.3) is 0 Å². The Labute approximate surface area is 211 Å². The number of hydrogen-bond donors (Lipinski definition) is 1. The number of rotatable bonds is 7. The Balaban J connectivity index is 1.48. The van der Waals surface area contributed by atoms with E-state index in [1.165, 1.54) is 5.56 Å². The molecule has 9 nitrogen and oxygen atoms in total. The number of urea groups is 1. The smallest absolute Gasteiger partial charge is 0.320 e. The molecule has 2 aromatic heterocycles. The van der Waals surface area contributed by atoms with Crippen molar-refractivity contribution in [3.05, 3.63) is 65.3 Å². The zero-order chi connectivity index (χ0) is 25.7. The van der Waals surface area contributed by atoms with Crippen LogP contribution >= 0.6 is 0 Å². The first-order valence-corrected chi connectivity index (χ1v) is 12.4. The summed E-state index contributed by atoms with van der Waals surface area (Å²) in [5.74, 6) is 1.16. The molecule has 0 bridgehead atoms. The lowest BCUT2D eigenvalue weighted by molar-refractivity contribution is -0.127. The monoisotopic (exact) mass is 490 g/mol. The number of carbonyl (C=O) groups excluding carboxylic acids is 1. The summed E-state index contributed by atoms with van der Waals surface area (Å²) in [6, 6.07) is 10.1. The van der Waals surface area contributed by atoms with Gasteiger partial charge < -0.3 is 24.3 Å². The van der Waals surface area contributed by atoms with E-state index in [-0.39, 0.29) is 12.6 Å². The van der Waals surface area contributed by atoms with Gasteiger partial charge in [0.05, 0.1) is 0 Å². The predicted octanol–water partition coefficient (Wildman–Crippen LogP) is 3.31. The summed E-state index contributed by atoms with van der Waals surface area (Å²) in [4.78, 5) is 26.7. The van der Waals surface area contributed by atoms with Gasteiger partial charge >= 0.3 is 6.03 Å². The third-order valence-corrected chi connectivity index (χ3v) is 7.62. The molecular weight excluding hydrogens is 456 g/mol. The number of nitrogens with zero attached hydrogens (tertiary/aromatic N) is 6. The van der Waals surface area contributed by atoms with E-state index < -0.39 is 11.0 Å². The van der Waals surface area contributed by atoms with Gasteiger partial charge in [-0.25, -0.2) is 4.79 Å². The number of carbonyl (C=O) groups is 1. The maximum atomic E-state index is 12.4. The Morgan fingerprint density at radius 2 is 1.83 bits per heavy atom. The Kier molecular flexibility index (Phi) is 6.08. The minimum Gasteiger partial charge on any atom is -0.380 e. The molecule has 2 fully saturated rings. The summed E-state index contributed by atoms with van der Waals surface area (Å²) in [6.07, 6.45) is 3.40. The molecule has 190 valence electrons. The lowest BCUT2D eigenvalue weighted by atomic mass is 9.62. The molecule has 1 atom stereocenters. The average molecular weight is 491 g/mol. The highest BCUT2D eigenvalue weighted by Gasteiger charge is 2.55. The Morgan fingerprint density at radius 1 is 1.11 bits per heavy atom. The first kappa shape index (κ1) is 24.4. The van der Waals surface area contributed by atoms with Crippen LogP contribution in [0.4, 0.5) is 4.79 Å². The van der Waals surface area contributed by atoms with Gasteiger partial charge in [0.1, 0.15) is 12.1 Å². The molecule has 2 aliphatic rings. The van der Waals surface area contributed by atoms with E-state index in [1.807, 2.05) is 18.2 Å². The van der Waals surface area contributed by atoms with Gasteiger partial charge in [0.15, 0.2) is 0 Å². The maximum Gasteiger partial charge on any atom is 0.320 e. The molecular formula is C27H34N6O3. The van der Waals surface area contributed by atoms with E-state index in [4.69, 9.17) is 4.52 Å². The van der Waals surface area contributed by atoms with Gasteiger partial charge in [-0.05, 0) is 30.2 Å². The van der Waals surface area contributed by atoms with Crippen LogP contribution in [0.3, 0.4) is 0 Å². The second kappa shape index (κ2) is 8.97. The van der Waals surface area contributed by atoms with Gasteiger partial charge in [-0.1, -0.05) is 50.2 Å². The third-order valence-electron chi connectivity index (χ3n) is 7.62. The van der Waals surface area contributed by atoms with Crippen molar-refractivity contribution in [1.29, 1.82) is 0 Å². The maximum absolute atomic E-state index is 12.4. The Bertz CT molecular complexity index is 1250. The van der Waals surface area contributed by atoms with Crippen LogP contribution in [-0.4, -0.2) is 81.2 Å². The molecule has 1 N–H and O–H groups in total. The van der Waals surface area contributed by atoms with Crippen molar-refractivity contribution < 1.29 is 14.4 Å². The van der Waals surface area contributed by atoms with Crippen molar-refractivity contribution in [2.24, 2.45) is 5.41 Å².